The lowest BCUT2D eigenvalue weighted by molar-refractivity contribution is -0.151. The number of carbonyl (C=O) groups is 2. The number of rotatable bonds is 6. The second kappa shape index (κ2) is 8.64. The molecule has 0 aromatic heterocycles. The summed E-state index contributed by atoms with van der Waals surface area (Å²) in [6.45, 7) is 6.23. The number of sulfonamides is 1. The molecular formula is C18H26N2O5S. The van der Waals surface area contributed by atoms with Crippen LogP contribution in [0.3, 0.4) is 0 Å². The minimum Gasteiger partial charge on any atom is -0.455 e. The van der Waals surface area contributed by atoms with Crippen molar-refractivity contribution in [2.45, 2.75) is 38.5 Å². The van der Waals surface area contributed by atoms with E-state index >= 15 is 0 Å². The quantitative estimate of drug-likeness (QED) is 0.751. The van der Waals surface area contributed by atoms with Crippen molar-refractivity contribution < 1.29 is 22.7 Å². The van der Waals surface area contributed by atoms with Gasteiger partial charge in [-0.1, -0.05) is 13.0 Å². The number of likely N-dealkylation sites (tertiary alicyclic amines) is 1. The molecule has 8 heteroatoms. The molecule has 1 fully saturated rings. The van der Waals surface area contributed by atoms with Gasteiger partial charge in [-0.3, -0.25) is 9.59 Å². The molecule has 0 spiro atoms. The van der Waals surface area contributed by atoms with Gasteiger partial charge in [0, 0.05) is 13.1 Å². The molecule has 26 heavy (non-hydrogen) atoms. The van der Waals surface area contributed by atoms with Crippen LogP contribution in [0, 0.1) is 19.8 Å². The summed E-state index contributed by atoms with van der Waals surface area (Å²) in [7, 11) is -3.81. The van der Waals surface area contributed by atoms with Gasteiger partial charge >= 0.3 is 5.97 Å². The second-order valence-electron chi connectivity index (χ2n) is 6.82. The van der Waals surface area contributed by atoms with Crippen LogP contribution in [-0.4, -0.2) is 51.4 Å². The number of ether oxygens (including phenoxy) is 1. The van der Waals surface area contributed by atoms with Gasteiger partial charge in [0.1, 0.15) is 6.54 Å². The molecule has 1 atom stereocenters. The largest absolute Gasteiger partial charge is 0.455 e. The molecule has 2 rings (SSSR count). The number of hydrogen-bond acceptors (Lipinski definition) is 5. The average Bonchev–Trinajstić information content (AvgIpc) is 2.60. The molecule has 0 radical (unpaired) electrons. The van der Waals surface area contributed by atoms with Crippen molar-refractivity contribution in [2.75, 3.05) is 26.2 Å². The molecule has 1 aliphatic heterocycles. The fraction of sp³-hybridized carbons (Fsp3) is 0.556. The third-order valence-electron chi connectivity index (χ3n) is 4.56. The molecule has 0 unspecified atom stereocenters. The normalized spacial score (nSPS) is 17.8. The van der Waals surface area contributed by atoms with E-state index in [4.69, 9.17) is 4.74 Å². The Morgan fingerprint density at radius 3 is 2.65 bits per heavy atom. The molecule has 0 saturated carbocycles. The predicted molar refractivity (Wildman–Crippen MR) is 97.0 cm³/mol. The summed E-state index contributed by atoms with van der Waals surface area (Å²) in [6, 6.07) is 4.74. The molecule has 1 N–H and O–H groups in total. The van der Waals surface area contributed by atoms with Crippen LogP contribution in [0.4, 0.5) is 0 Å². The van der Waals surface area contributed by atoms with Crippen LogP contribution in [0.2, 0.25) is 0 Å². The fourth-order valence-corrected chi connectivity index (χ4v) is 3.87. The van der Waals surface area contributed by atoms with Gasteiger partial charge in [0.05, 0.1) is 4.90 Å². The van der Waals surface area contributed by atoms with Gasteiger partial charge in [0.15, 0.2) is 6.61 Å². The molecule has 1 aromatic rings. The maximum atomic E-state index is 12.2. The van der Waals surface area contributed by atoms with Gasteiger partial charge in [-0.05, 0) is 55.9 Å². The number of hydrogen-bond donors (Lipinski definition) is 1. The van der Waals surface area contributed by atoms with E-state index in [9.17, 15) is 18.0 Å². The first kappa shape index (κ1) is 20.4. The van der Waals surface area contributed by atoms with Crippen molar-refractivity contribution in [3.63, 3.8) is 0 Å². The van der Waals surface area contributed by atoms with Crippen molar-refractivity contribution in [2.24, 2.45) is 5.92 Å². The van der Waals surface area contributed by atoms with E-state index < -0.39 is 22.5 Å². The van der Waals surface area contributed by atoms with E-state index in [1.165, 1.54) is 6.07 Å². The lowest BCUT2D eigenvalue weighted by Crippen LogP contribution is -2.42. The van der Waals surface area contributed by atoms with Gasteiger partial charge in [0.2, 0.25) is 10.0 Å². The van der Waals surface area contributed by atoms with Crippen molar-refractivity contribution >= 4 is 21.9 Å². The van der Waals surface area contributed by atoms with Gasteiger partial charge < -0.3 is 9.64 Å². The molecule has 1 amide bonds. The van der Waals surface area contributed by atoms with E-state index in [1.807, 2.05) is 13.8 Å². The molecule has 1 heterocycles. The highest BCUT2D eigenvalue weighted by Gasteiger charge is 2.22. The van der Waals surface area contributed by atoms with Crippen LogP contribution < -0.4 is 4.72 Å². The Morgan fingerprint density at radius 1 is 1.27 bits per heavy atom. The Labute approximate surface area is 154 Å². The SMILES string of the molecule is Cc1ccc(S(=O)(=O)NCC(=O)OCC(=O)N2CCC[C@H](C)C2)cc1C. The minimum atomic E-state index is -3.81. The number of aryl methyl sites for hydroxylation is 2. The zero-order valence-electron chi connectivity index (χ0n) is 15.4. The number of benzene rings is 1. The Kier molecular flexibility index (Phi) is 6.77. The topological polar surface area (TPSA) is 92.8 Å². The minimum absolute atomic E-state index is 0.0896. The highest BCUT2D eigenvalue weighted by Crippen LogP contribution is 2.16. The summed E-state index contributed by atoms with van der Waals surface area (Å²) in [5.74, 6) is -0.592. The first-order valence-corrected chi connectivity index (χ1v) is 10.2. The summed E-state index contributed by atoms with van der Waals surface area (Å²) in [4.78, 5) is 25.6. The zero-order valence-corrected chi connectivity index (χ0v) is 16.3. The van der Waals surface area contributed by atoms with Crippen molar-refractivity contribution in [3.8, 4) is 0 Å². The van der Waals surface area contributed by atoms with Gasteiger partial charge in [-0.15, -0.1) is 0 Å². The van der Waals surface area contributed by atoms with Gasteiger partial charge in [-0.25, -0.2) is 8.42 Å². The van der Waals surface area contributed by atoms with Gasteiger partial charge in [-0.2, -0.15) is 4.72 Å². The van der Waals surface area contributed by atoms with E-state index in [1.54, 1.807) is 17.0 Å². The van der Waals surface area contributed by atoms with Crippen molar-refractivity contribution in [1.82, 2.24) is 9.62 Å². The summed E-state index contributed by atoms with van der Waals surface area (Å²) in [6.07, 6.45) is 2.03. The fourth-order valence-electron chi connectivity index (χ4n) is 2.82. The number of piperidine rings is 1. The van der Waals surface area contributed by atoms with E-state index in [0.29, 0.717) is 19.0 Å². The predicted octanol–water partition coefficient (Wildman–Crippen LogP) is 1.38. The van der Waals surface area contributed by atoms with Gasteiger partial charge in [0.25, 0.3) is 5.91 Å². The number of esters is 1. The Balaban J connectivity index is 1.82. The molecule has 0 aliphatic carbocycles. The number of nitrogens with one attached hydrogen (secondary N) is 1. The van der Waals surface area contributed by atoms with Crippen LogP contribution in [0.25, 0.3) is 0 Å². The number of nitrogens with zero attached hydrogens (tertiary/aromatic N) is 1. The molecular weight excluding hydrogens is 356 g/mol. The lowest BCUT2D eigenvalue weighted by Gasteiger charge is -2.30. The standard InChI is InChI=1S/C18H26N2O5S/c1-13-5-4-8-20(11-13)17(21)12-25-18(22)10-19-26(23,24)16-7-6-14(2)15(3)9-16/h6-7,9,13,19H,4-5,8,10-12H2,1-3H3/t13-/m0/s1. The molecule has 0 bridgehead atoms. The van der Waals surface area contributed by atoms with Crippen molar-refractivity contribution in [3.05, 3.63) is 29.3 Å². The molecule has 1 aliphatic rings. The van der Waals surface area contributed by atoms with E-state index in [-0.39, 0.29) is 17.4 Å². The number of amides is 1. The maximum Gasteiger partial charge on any atom is 0.321 e. The monoisotopic (exact) mass is 382 g/mol. The van der Waals surface area contributed by atoms with Crippen LogP contribution in [-0.2, 0) is 24.3 Å². The van der Waals surface area contributed by atoms with Crippen molar-refractivity contribution in [1.29, 1.82) is 0 Å². The lowest BCUT2D eigenvalue weighted by atomic mass is 10.0. The first-order valence-electron chi connectivity index (χ1n) is 8.69. The van der Waals surface area contributed by atoms with E-state index in [0.717, 1.165) is 24.0 Å². The smallest absolute Gasteiger partial charge is 0.321 e. The van der Waals surface area contributed by atoms with Crippen LogP contribution in [0.5, 0.6) is 0 Å². The summed E-state index contributed by atoms with van der Waals surface area (Å²) >= 11 is 0. The summed E-state index contributed by atoms with van der Waals surface area (Å²) < 4.78 is 31.6. The second-order valence-corrected chi connectivity index (χ2v) is 8.59. The average molecular weight is 382 g/mol. The third-order valence-corrected chi connectivity index (χ3v) is 5.96. The summed E-state index contributed by atoms with van der Waals surface area (Å²) in [5, 5.41) is 0. The zero-order chi connectivity index (χ0) is 19.3. The molecule has 144 valence electrons. The Morgan fingerprint density at radius 2 is 2.00 bits per heavy atom. The van der Waals surface area contributed by atoms with Crippen LogP contribution in [0.1, 0.15) is 30.9 Å². The van der Waals surface area contributed by atoms with E-state index in [2.05, 4.69) is 11.6 Å². The molecule has 1 saturated heterocycles. The number of carbonyl (C=O) groups excluding carboxylic acids is 2. The molecule has 7 nitrogen and oxygen atoms in total. The Bertz CT molecular complexity index is 776. The summed E-state index contributed by atoms with van der Waals surface area (Å²) in [5.41, 5.74) is 1.82. The maximum absolute atomic E-state index is 12.2. The van der Waals surface area contributed by atoms with Crippen LogP contribution in [0.15, 0.2) is 23.1 Å². The third kappa shape index (κ3) is 5.54. The highest BCUT2D eigenvalue weighted by molar-refractivity contribution is 7.89. The highest BCUT2D eigenvalue weighted by atomic mass is 32.2. The first-order chi connectivity index (χ1) is 12.2. The van der Waals surface area contributed by atoms with Crippen LogP contribution >= 0.6 is 0 Å². The molecule has 1 aromatic carbocycles. The Hall–Kier alpha value is -1.93.